The first-order valence-electron chi connectivity index (χ1n) is 9.06. The molecule has 0 saturated carbocycles. The molecule has 148 valence electrons. The monoisotopic (exact) mass is 384 g/mol. The van der Waals surface area contributed by atoms with E-state index >= 15 is 0 Å². The highest BCUT2D eigenvalue weighted by atomic mass is 16.5. The Morgan fingerprint density at radius 3 is 2.39 bits per heavy atom. The standard InChI is InChI=1S/C21H24N2O5/c1-13(20(24)25)22-21(26)23-10-9-15-11-17(27-2)18(28-3)12-16(15)19(23)14-7-5-4-6-8-14/h4-8,11-13,19H,9-10H2,1-3H3,(H,22,26)(H,24,25)/t13-,19-/m0/s1. The minimum absolute atomic E-state index is 0.356. The van der Waals surface area contributed by atoms with Crippen molar-refractivity contribution in [2.75, 3.05) is 20.8 Å². The number of hydrogen-bond donors (Lipinski definition) is 2. The summed E-state index contributed by atoms with van der Waals surface area (Å²) in [6.07, 6.45) is 0.633. The summed E-state index contributed by atoms with van der Waals surface area (Å²) in [6.45, 7) is 1.91. The zero-order chi connectivity index (χ0) is 20.3. The molecule has 0 fully saturated rings. The zero-order valence-electron chi connectivity index (χ0n) is 16.1. The van der Waals surface area contributed by atoms with E-state index in [2.05, 4.69) is 5.32 Å². The molecule has 3 rings (SSSR count). The maximum absolute atomic E-state index is 12.9. The van der Waals surface area contributed by atoms with Gasteiger partial charge in [-0.3, -0.25) is 4.79 Å². The smallest absolute Gasteiger partial charge is 0.325 e. The van der Waals surface area contributed by atoms with Crippen molar-refractivity contribution >= 4 is 12.0 Å². The SMILES string of the molecule is COc1cc2c(cc1OC)[C@H](c1ccccc1)N(C(=O)N[C@@H](C)C(=O)O)CC2. The Hall–Kier alpha value is -3.22. The molecule has 1 aliphatic rings. The van der Waals surface area contributed by atoms with Crippen LogP contribution in [-0.2, 0) is 11.2 Å². The minimum Gasteiger partial charge on any atom is -0.493 e. The summed E-state index contributed by atoms with van der Waals surface area (Å²) in [7, 11) is 3.17. The molecule has 2 aromatic rings. The number of nitrogens with zero attached hydrogens (tertiary/aromatic N) is 1. The van der Waals surface area contributed by atoms with Gasteiger partial charge < -0.3 is 24.8 Å². The van der Waals surface area contributed by atoms with Gasteiger partial charge in [-0.25, -0.2) is 4.79 Å². The molecular weight excluding hydrogens is 360 g/mol. The highest BCUT2D eigenvalue weighted by molar-refractivity contribution is 5.83. The van der Waals surface area contributed by atoms with Crippen molar-refractivity contribution in [3.63, 3.8) is 0 Å². The molecule has 1 aliphatic heterocycles. The van der Waals surface area contributed by atoms with Crippen molar-refractivity contribution in [2.45, 2.75) is 25.4 Å². The summed E-state index contributed by atoms with van der Waals surface area (Å²) in [4.78, 5) is 25.7. The van der Waals surface area contributed by atoms with Crippen LogP contribution in [0.5, 0.6) is 11.5 Å². The lowest BCUT2D eigenvalue weighted by Gasteiger charge is -2.38. The Morgan fingerprint density at radius 1 is 1.14 bits per heavy atom. The number of hydrogen-bond acceptors (Lipinski definition) is 4. The van der Waals surface area contributed by atoms with Gasteiger partial charge in [0.1, 0.15) is 6.04 Å². The molecule has 2 amide bonds. The van der Waals surface area contributed by atoms with Crippen LogP contribution in [0.15, 0.2) is 42.5 Å². The largest absolute Gasteiger partial charge is 0.493 e. The van der Waals surface area contributed by atoms with Gasteiger partial charge in [0.05, 0.1) is 20.3 Å². The Labute approximate surface area is 163 Å². The molecule has 1 heterocycles. The number of urea groups is 1. The number of carbonyl (C=O) groups excluding carboxylic acids is 1. The molecule has 28 heavy (non-hydrogen) atoms. The summed E-state index contributed by atoms with van der Waals surface area (Å²) in [5.41, 5.74) is 2.95. The van der Waals surface area contributed by atoms with E-state index in [1.165, 1.54) is 6.92 Å². The molecule has 0 radical (unpaired) electrons. The molecule has 2 atom stereocenters. The van der Waals surface area contributed by atoms with E-state index in [0.29, 0.717) is 24.5 Å². The van der Waals surface area contributed by atoms with E-state index in [0.717, 1.165) is 16.7 Å². The molecule has 2 aromatic carbocycles. The van der Waals surface area contributed by atoms with E-state index < -0.39 is 18.0 Å². The van der Waals surface area contributed by atoms with E-state index in [9.17, 15) is 9.59 Å². The summed E-state index contributed by atoms with van der Waals surface area (Å²) in [6, 6.07) is 11.8. The number of nitrogens with one attached hydrogen (secondary N) is 1. The second-order valence-corrected chi connectivity index (χ2v) is 6.67. The Bertz CT molecular complexity index is 869. The molecule has 0 aromatic heterocycles. The van der Waals surface area contributed by atoms with Crippen LogP contribution >= 0.6 is 0 Å². The molecule has 0 aliphatic carbocycles. The molecule has 2 N–H and O–H groups in total. The summed E-state index contributed by atoms with van der Waals surface area (Å²) < 4.78 is 10.9. The Kier molecular flexibility index (Phi) is 5.73. The number of fused-ring (bicyclic) bond motifs is 1. The Morgan fingerprint density at radius 2 is 1.79 bits per heavy atom. The van der Waals surface area contributed by atoms with E-state index in [1.807, 2.05) is 42.5 Å². The summed E-state index contributed by atoms with van der Waals surface area (Å²) >= 11 is 0. The molecule has 0 saturated heterocycles. The van der Waals surface area contributed by atoms with Crippen LogP contribution in [0.3, 0.4) is 0 Å². The van der Waals surface area contributed by atoms with Crippen molar-refractivity contribution < 1.29 is 24.2 Å². The van der Waals surface area contributed by atoms with Crippen LogP contribution in [0.1, 0.15) is 29.7 Å². The van der Waals surface area contributed by atoms with Crippen LogP contribution in [0.25, 0.3) is 0 Å². The topological polar surface area (TPSA) is 88.1 Å². The number of ether oxygens (including phenoxy) is 2. The highest BCUT2D eigenvalue weighted by Gasteiger charge is 2.34. The average molecular weight is 384 g/mol. The van der Waals surface area contributed by atoms with Gasteiger partial charge >= 0.3 is 12.0 Å². The molecule has 7 nitrogen and oxygen atoms in total. The third kappa shape index (κ3) is 3.74. The third-order valence-electron chi connectivity index (χ3n) is 4.96. The maximum atomic E-state index is 12.9. The lowest BCUT2D eigenvalue weighted by atomic mass is 9.88. The van der Waals surface area contributed by atoms with E-state index in [1.54, 1.807) is 19.1 Å². The van der Waals surface area contributed by atoms with Crippen molar-refractivity contribution in [1.29, 1.82) is 0 Å². The van der Waals surface area contributed by atoms with Crippen molar-refractivity contribution in [3.8, 4) is 11.5 Å². The van der Waals surface area contributed by atoms with Gasteiger partial charge in [-0.15, -0.1) is 0 Å². The first kappa shape index (κ1) is 19.5. The van der Waals surface area contributed by atoms with Gasteiger partial charge in [0, 0.05) is 6.54 Å². The van der Waals surface area contributed by atoms with Gasteiger partial charge in [0.2, 0.25) is 0 Å². The predicted molar refractivity (Wildman–Crippen MR) is 104 cm³/mol. The van der Waals surface area contributed by atoms with Crippen molar-refractivity contribution in [1.82, 2.24) is 10.2 Å². The maximum Gasteiger partial charge on any atom is 0.325 e. The summed E-state index contributed by atoms with van der Waals surface area (Å²) in [5, 5.41) is 11.7. The zero-order valence-corrected chi connectivity index (χ0v) is 16.1. The molecule has 7 heteroatoms. The number of carboxylic acids is 1. The van der Waals surface area contributed by atoms with Gasteiger partial charge in [0.25, 0.3) is 0 Å². The van der Waals surface area contributed by atoms with Gasteiger partial charge in [-0.2, -0.15) is 0 Å². The Balaban J connectivity index is 2.06. The fourth-order valence-corrected chi connectivity index (χ4v) is 3.49. The van der Waals surface area contributed by atoms with E-state index in [-0.39, 0.29) is 6.04 Å². The molecule has 0 spiro atoms. The van der Waals surface area contributed by atoms with Gasteiger partial charge in [-0.1, -0.05) is 30.3 Å². The number of rotatable bonds is 5. The second kappa shape index (κ2) is 8.21. The fourth-order valence-electron chi connectivity index (χ4n) is 3.49. The lowest BCUT2D eigenvalue weighted by Crippen LogP contribution is -2.50. The molecule has 0 unspecified atom stereocenters. The highest BCUT2D eigenvalue weighted by Crippen LogP contribution is 2.40. The third-order valence-corrected chi connectivity index (χ3v) is 4.96. The number of amides is 2. The first-order chi connectivity index (χ1) is 13.5. The molecular formula is C21H24N2O5. The van der Waals surface area contributed by atoms with Crippen molar-refractivity contribution in [3.05, 3.63) is 59.2 Å². The number of carboxylic acid groups (broad SMARTS) is 1. The first-order valence-corrected chi connectivity index (χ1v) is 9.06. The number of methoxy groups -OCH3 is 2. The second-order valence-electron chi connectivity index (χ2n) is 6.67. The normalized spacial score (nSPS) is 16.7. The summed E-state index contributed by atoms with van der Waals surface area (Å²) in [5.74, 6) is 0.155. The van der Waals surface area contributed by atoms with Crippen LogP contribution in [0, 0.1) is 0 Å². The van der Waals surface area contributed by atoms with Gasteiger partial charge in [-0.05, 0) is 42.2 Å². The fraction of sp³-hybridized carbons (Fsp3) is 0.333. The number of aliphatic carboxylic acids is 1. The van der Waals surface area contributed by atoms with Crippen LogP contribution < -0.4 is 14.8 Å². The lowest BCUT2D eigenvalue weighted by molar-refractivity contribution is -0.138. The quantitative estimate of drug-likeness (QED) is 0.828. The molecule has 0 bridgehead atoms. The van der Waals surface area contributed by atoms with Crippen LogP contribution in [0.2, 0.25) is 0 Å². The van der Waals surface area contributed by atoms with Crippen LogP contribution in [-0.4, -0.2) is 48.8 Å². The average Bonchev–Trinajstić information content (AvgIpc) is 2.72. The van der Waals surface area contributed by atoms with Gasteiger partial charge in [0.15, 0.2) is 11.5 Å². The number of benzene rings is 2. The van der Waals surface area contributed by atoms with Crippen LogP contribution in [0.4, 0.5) is 4.79 Å². The minimum atomic E-state index is -1.08. The predicted octanol–water partition coefficient (Wildman–Crippen LogP) is 2.83. The van der Waals surface area contributed by atoms with E-state index in [4.69, 9.17) is 14.6 Å². The number of carbonyl (C=O) groups is 2. The van der Waals surface area contributed by atoms with Crippen molar-refractivity contribution in [2.24, 2.45) is 0 Å².